The van der Waals surface area contributed by atoms with E-state index in [0.29, 0.717) is 32.2 Å². The standard InChI is InChI=1S/C17H16F2N4O2/c18-13-1-2-16(15(19)8-13)21-17(25)12-7-14(10-20-9-12)23-5-3-22(11-24)4-6-23/h1-2,7-11H,3-6H2,(H,21,25). The average Bonchev–Trinajstić information content (AvgIpc) is 2.64. The molecule has 2 aromatic rings. The largest absolute Gasteiger partial charge is 0.367 e. The summed E-state index contributed by atoms with van der Waals surface area (Å²) in [4.78, 5) is 30.8. The second-order valence-electron chi connectivity index (χ2n) is 5.64. The van der Waals surface area contributed by atoms with Gasteiger partial charge in [-0.3, -0.25) is 14.6 Å². The second kappa shape index (κ2) is 7.25. The summed E-state index contributed by atoms with van der Waals surface area (Å²) in [6.45, 7) is 2.47. The van der Waals surface area contributed by atoms with Crippen LogP contribution >= 0.6 is 0 Å². The topological polar surface area (TPSA) is 65.5 Å². The highest BCUT2D eigenvalue weighted by molar-refractivity contribution is 6.04. The van der Waals surface area contributed by atoms with Crippen LogP contribution in [0, 0.1) is 11.6 Å². The number of halogens is 2. The van der Waals surface area contributed by atoms with E-state index < -0.39 is 17.5 Å². The molecule has 0 aliphatic carbocycles. The fourth-order valence-corrected chi connectivity index (χ4v) is 2.60. The molecule has 0 unspecified atom stereocenters. The molecule has 1 aliphatic heterocycles. The number of benzene rings is 1. The van der Waals surface area contributed by atoms with Crippen molar-refractivity contribution in [1.29, 1.82) is 0 Å². The number of anilines is 2. The predicted molar refractivity (Wildman–Crippen MR) is 88.4 cm³/mol. The van der Waals surface area contributed by atoms with Gasteiger partial charge >= 0.3 is 0 Å². The predicted octanol–water partition coefficient (Wildman–Crippen LogP) is 1.89. The molecule has 1 aromatic carbocycles. The first-order valence-electron chi connectivity index (χ1n) is 7.72. The molecule has 3 rings (SSSR count). The molecule has 1 fully saturated rings. The first-order chi connectivity index (χ1) is 12.1. The number of carbonyl (C=O) groups excluding carboxylic acids is 2. The molecule has 0 bridgehead atoms. The molecule has 0 saturated carbocycles. The number of hydrogen-bond acceptors (Lipinski definition) is 4. The molecule has 1 N–H and O–H groups in total. The van der Waals surface area contributed by atoms with Crippen LogP contribution in [0.2, 0.25) is 0 Å². The zero-order chi connectivity index (χ0) is 17.8. The first-order valence-corrected chi connectivity index (χ1v) is 7.72. The van der Waals surface area contributed by atoms with E-state index in [1.807, 2.05) is 4.90 Å². The molecule has 0 radical (unpaired) electrons. The minimum absolute atomic E-state index is 0.101. The zero-order valence-corrected chi connectivity index (χ0v) is 13.3. The number of amides is 2. The summed E-state index contributed by atoms with van der Waals surface area (Å²) in [6, 6.07) is 4.59. The Labute approximate surface area is 143 Å². The van der Waals surface area contributed by atoms with E-state index in [4.69, 9.17) is 0 Å². The van der Waals surface area contributed by atoms with Gasteiger partial charge in [-0.1, -0.05) is 0 Å². The van der Waals surface area contributed by atoms with Gasteiger partial charge in [-0.2, -0.15) is 0 Å². The van der Waals surface area contributed by atoms with E-state index in [1.54, 1.807) is 17.2 Å². The van der Waals surface area contributed by atoms with Gasteiger partial charge in [-0.15, -0.1) is 0 Å². The van der Waals surface area contributed by atoms with Crippen molar-refractivity contribution in [2.75, 3.05) is 36.4 Å². The summed E-state index contributed by atoms with van der Waals surface area (Å²) < 4.78 is 26.6. The average molecular weight is 346 g/mol. The Kier molecular flexibility index (Phi) is 4.87. The molecule has 6 nitrogen and oxygen atoms in total. The lowest BCUT2D eigenvalue weighted by Gasteiger charge is -2.34. The summed E-state index contributed by atoms with van der Waals surface area (Å²) in [6.07, 6.45) is 3.82. The Hall–Kier alpha value is -3.03. The maximum absolute atomic E-state index is 13.7. The molecule has 2 amide bonds. The summed E-state index contributed by atoms with van der Waals surface area (Å²) >= 11 is 0. The van der Waals surface area contributed by atoms with Crippen molar-refractivity contribution >= 4 is 23.7 Å². The van der Waals surface area contributed by atoms with Crippen molar-refractivity contribution in [3.05, 3.63) is 53.9 Å². The smallest absolute Gasteiger partial charge is 0.257 e. The maximum atomic E-state index is 13.7. The lowest BCUT2D eigenvalue weighted by atomic mass is 10.2. The van der Waals surface area contributed by atoms with Crippen LogP contribution in [0.1, 0.15) is 10.4 Å². The van der Waals surface area contributed by atoms with Gasteiger partial charge in [0.2, 0.25) is 6.41 Å². The van der Waals surface area contributed by atoms with Gasteiger partial charge in [-0.05, 0) is 18.2 Å². The summed E-state index contributed by atoms with van der Waals surface area (Å²) in [5.41, 5.74) is 0.910. The molecular weight excluding hydrogens is 330 g/mol. The third-order valence-corrected chi connectivity index (χ3v) is 3.99. The van der Waals surface area contributed by atoms with E-state index in [1.165, 1.54) is 12.3 Å². The van der Waals surface area contributed by atoms with Crippen LogP contribution in [0.5, 0.6) is 0 Å². The fourth-order valence-electron chi connectivity index (χ4n) is 2.60. The molecular formula is C17H16F2N4O2. The Morgan fingerprint density at radius 1 is 1.12 bits per heavy atom. The summed E-state index contributed by atoms with van der Waals surface area (Å²) in [7, 11) is 0. The van der Waals surface area contributed by atoms with Crippen LogP contribution in [0.3, 0.4) is 0 Å². The molecule has 0 atom stereocenters. The third-order valence-electron chi connectivity index (χ3n) is 3.99. The van der Waals surface area contributed by atoms with Gasteiger partial charge in [0.15, 0.2) is 0 Å². The van der Waals surface area contributed by atoms with Gasteiger partial charge in [-0.25, -0.2) is 8.78 Å². The van der Waals surface area contributed by atoms with E-state index >= 15 is 0 Å². The first kappa shape index (κ1) is 16.8. The van der Waals surface area contributed by atoms with Crippen LogP contribution in [0.25, 0.3) is 0 Å². The quantitative estimate of drug-likeness (QED) is 0.859. The summed E-state index contributed by atoms with van der Waals surface area (Å²) in [5, 5.41) is 2.41. The van der Waals surface area contributed by atoms with Crippen molar-refractivity contribution in [3.8, 4) is 0 Å². The number of hydrogen-bond donors (Lipinski definition) is 1. The number of carbonyl (C=O) groups is 2. The molecule has 25 heavy (non-hydrogen) atoms. The van der Waals surface area contributed by atoms with Crippen molar-refractivity contribution < 1.29 is 18.4 Å². The number of nitrogens with zero attached hydrogens (tertiary/aromatic N) is 3. The van der Waals surface area contributed by atoms with Gasteiger partial charge in [0.1, 0.15) is 11.6 Å². The lowest BCUT2D eigenvalue weighted by molar-refractivity contribution is -0.118. The van der Waals surface area contributed by atoms with E-state index in [0.717, 1.165) is 18.2 Å². The zero-order valence-electron chi connectivity index (χ0n) is 13.3. The van der Waals surface area contributed by atoms with E-state index in [-0.39, 0.29) is 11.3 Å². The van der Waals surface area contributed by atoms with Crippen molar-refractivity contribution in [3.63, 3.8) is 0 Å². The van der Waals surface area contributed by atoms with Gasteiger partial charge < -0.3 is 15.1 Å². The Bertz CT molecular complexity index is 792. The fraction of sp³-hybridized carbons (Fsp3) is 0.235. The van der Waals surface area contributed by atoms with Crippen LogP contribution < -0.4 is 10.2 Å². The van der Waals surface area contributed by atoms with Gasteiger partial charge in [0, 0.05) is 38.4 Å². The van der Waals surface area contributed by atoms with Crippen LogP contribution in [0.15, 0.2) is 36.7 Å². The number of pyridine rings is 1. The van der Waals surface area contributed by atoms with Crippen LogP contribution in [-0.4, -0.2) is 48.4 Å². The number of nitrogens with one attached hydrogen (secondary N) is 1. The normalized spacial score (nSPS) is 14.3. The van der Waals surface area contributed by atoms with Crippen LogP contribution in [0.4, 0.5) is 20.2 Å². The van der Waals surface area contributed by atoms with Crippen molar-refractivity contribution in [2.24, 2.45) is 0 Å². The Morgan fingerprint density at radius 2 is 1.88 bits per heavy atom. The molecule has 130 valence electrons. The highest BCUT2D eigenvalue weighted by atomic mass is 19.1. The molecule has 1 aliphatic rings. The summed E-state index contributed by atoms with van der Waals surface area (Å²) in [5.74, 6) is -2.09. The van der Waals surface area contributed by atoms with Gasteiger partial charge in [0.25, 0.3) is 5.91 Å². The molecule has 2 heterocycles. The van der Waals surface area contributed by atoms with Crippen molar-refractivity contribution in [1.82, 2.24) is 9.88 Å². The molecule has 0 spiro atoms. The number of rotatable bonds is 4. The minimum Gasteiger partial charge on any atom is -0.367 e. The SMILES string of the molecule is O=CN1CCN(c2cncc(C(=O)Nc3ccc(F)cc3F)c2)CC1. The van der Waals surface area contributed by atoms with E-state index in [2.05, 4.69) is 10.3 Å². The molecule has 8 heteroatoms. The molecule has 1 saturated heterocycles. The highest BCUT2D eigenvalue weighted by Crippen LogP contribution is 2.19. The number of aromatic nitrogens is 1. The Morgan fingerprint density at radius 3 is 2.56 bits per heavy atom. The Balaban J connectivity index is 1.72. The lowest BCUT2D eigenvalue weighted by Crippen LogP contribution is -2.45. The van der Waals surface area contributed by atoms with Crippen LogP contribution in [-0.2, 0) is 4.79 Å². The second-order valence-corrected chi connectivity index (χ2v) is 5.64. The third kappa shape index (κ3) is 3.90. The van der Waals surface area contributed by atoms with Crippen molar-refractivity contribution in [2.45, 2.75) is 0 Å². The molecule has 1 aromatic heterocycles. The maximum Gasteiger partial charge on any atom is 0.257 e. The van der Waals surface area contributed by atoms with E-state index in [9.17, 15) is 18.4 Å². The highest BCUT2D eigenvalue weighted by Gasteiger charge is 2.18. The number of piperazine rings is 1. The minimum atomic E-state index is -0.845. The monoisotopic (exact) mass is 346 g/mol. The van der Waals surface area contributed by atoms with Gasteiger partial charge in [0.05, 0.1) is 23.1 Å².